The van der Waals surface area contributed by atoms with Gasteiger partial charge >= 0.3 is 0 Å². The molecular weight excluding hydrogens is 318 g/mol. The summed E-state index contributed by atoms with van der Waals surface area (Å²) in [4.78, 5) is 14.9. The first-order valence-electron chi connectivity index (χ1n) is 6.86. The first-order valence-corrected chi connectivity index (χ1v) is 8.80. The standard InChI is InChI=1S/C17H18ClNO2S/c1-12(14-5-4-6-15(18)11-14)19(2)17(20)13-7-9-16(10-8-13)22(3)21/h4-12H,1-3H3/t12-,22-/m1/s1. The normalized spacial score (nSPS) is 13.5. The van der Waals surface area contributed by atoms with Crippen LogP contribution in [0, 0.1) is 0 Å². The maximum Gasteiger partial charge on any atom is 0.254 e. The van der Waals surface area contributed by atoms with Crippen molar-refractivity contribution in [2.75, 3.05) is 13.3 Å². The highest BCUT2D eigenvalue weighted by Gasteiger charge is 2.19. The van der Waals surface area contributed by atoms with E-state index in [1.807, 2.05) is 31.2 Å². The molecule has 22 heavy (non-hydrogen) atoms. The van der Waals surface area contributed by atoms with E-state index in [2.05, 4.69) is 0 Å². The van der Waals surface area contributed by atoms with Crippen LogP contribution in [0.15, 0.2) is 53.4 Å². The quantitative estimate of drug-likeness (QED) is 0.849. The van der Waals surface area contributed by atoms with Gasteiger partial charge in [-0.1, -0.05) is 23.7 Å². The van der Waals surface area contributed by atoms with Gasteiger partial charge in [-0.25, -0.2) is 0 Å². The summed E-state index contributed by atoms with van der Waals surface area (Å²) in [5, 5.41) is 0.653. The van der Waals surface area contributed by atoms with Gasteiger partial charge in [-0.15, -0.1) is 0 Å². The molecule has 5 heteroatoms. The number of carbonyl (C=O) groups excluding carboxylic acids is 1. The van der Waals surface area contributed by atoms with Crippen LogP contribution in [0.4, 0.5) is 0 Å². The second kappa shape index (κ2) is 7.07. The molecule has 2 rings (SSSR count). The second-order valence-corrected chi connectivity index (χ2v) is 6.94. The lowest BCUT2D eigenvalue weighted by Gasteiger charge is -2.25. The van der Waals surface area contributed by atoms with E-state index < -0.39 is 10.8 Å². The number of halogens is 1. The van der Waals surface area contributed by atoms with E-state index in [-0.39, 0.29) is 11.9 Å². The van der Waals surface area contributed by atoms with E-state index in [4.69, 9.17) is 11.6 Å². The molecule has 0 saturated heterocycles. The van der Waals surface area contributed by atoms with Gasteiger partial charge in [0.25, 0.3) is 5.91 Å². The lowest BCUT2D eigenvalue weighted by Crippen LogP contribution is -2.29. The lowest BCUT2D eigenvalue weighted by molar-refractivity contribution is 0.0742. The molecule has 0 unspecified atom stereocenters. The Balaban J connectivity index is 2.19. The third kappa shape index (κ3) is 3.76. The molecule has 0 fully saturated rings. The number of amides is 1. The van der Waals surface area contributed by atoms with Crippen molar-refractivity contribution in [2.45, 2.75) is 17.9 Å². The molecule has 0 bridgehead atoms. The number of benzene rings is 2. The van der Waals surface area contributed by atoms with Crippen molar-refractivity contribution in [3.8, 4) is 0 Å². The summed E-state index contributed by atoms with van der Waals surface area (Å²) >= 11 is 6.00. The fourth-order valence-electron chi connectivity index (χ4n) is 2.16. The molecule has 2 aromatic rings. The van der Waals surface area contributed by atoms with Crippen LogP contribution in [0.2, 0.25) is 5.02 Å². The van der Waals surface area contributed by atoms with Gasteiger partial charge in [-0.3, -0.25) is 9.00 Å². The van der Waals surface area contributed by atoms with Crippen molar-refractivity contribution in [2.24, 2.45) is 0 Å². The number of hydrogen-bond acceptors (Lipinski definition) is 2. The molecule has 0 saturated carbocycles. The summed E-state index contributed by atoms with van der Waals surface area (Å²) in [5.74, 6) is -0.0825. The Morgan fingerprint density at radius 3 is 2.36 bits per heavy atom. The highest BCUT2D eigenvalue weighted by atomic mass is 35.5. The molecule has 3 nitrogen and oxygen atoms in total. The van der Waals surface area contributed by atoms with Gasteiger partial charge in [0, 0.05) is 39.6 Å². The average molecular weight is 336 g/mol. The Labute approximate surface area is 138 Å². The van der Waals surface area contributed by atoms with Crippen LogP contribution in [0.3, 0.4) is 0 Å². The van der Waals surface area contributed by atoms with Crippen molar-refractivity contribution in [3.63, 3.8) is 0 Å². The van der Waals surface area contributed by atoms with Gasteiger partial charge in [0.1, 0.15) is 0 Å². The summed E-state index contributed by atoms with van der Waals surface area (Å²) < 4.78 is 11.4. The molecule has 0 N–H and O–H groups in total. The third-order valence-electron chi connectivity index (χ3n) is 3.67. The SMILES string of the molecule is C[C@H](c1cccc(Cl)c1)N(C)C(=O)c1ccc([S@@](C)=O)cc1. The molecule has 0 aliphatic heterocycles. The molecule has 0 aliphatic carbocycles. The summed E-state index contributed by atoms with van der Waals surface area (Å²) in [6, 6.07) is 14.3. The van der Waals surface area contributed by atoms with E-state index in [0.717, 1.165) is 5.56 Å². The van der Waals surface area contributed by atoms with Crippen molar-refractivity contribution >= 4 is 28.3 Å². The van der Waals surface area contributed by atoms with Gasteiger partial charge < -0.3 is 4.90 Å². The van der Waals surface area contributed by atoms with E-state index >= 15 is 0 Å². The number of rotatable bonds is 4. The van der Waals surface area contributed by atoms with Crippen LogP contribution >= 0.6 is 11.6 Å². The topological polar surface area (TPSA) is 37.4 Å². The predicted octanol–water partition coefficient (Wildman–Crippen LogP) is 3.91. The van der Waals surface area contributed by atoms with Gasteiger partial charge in [-0.05, 0) is 48.9 Å². The van der Waals surface area contributed by atoms with Crippen molar-refractivity contribution in [3.05, 3.63) is 64.7 Å². The van der Waals surface area contributed by atoms with Crippen LogP contribution in [0.1, 0.15) is 28.9 Å². The summed E-state index contributed by atoms with van der Waals surface area (Å²) in [6.45, 7) is 1.96. The van der Waals surface area contributed by atoms with Crippen molar-refractivity contribution in [1.82, 2.24) is 4.90 Å². The molecule has 0 aliphatic rings. The van der Waals surface area contributed by atoms with Gasteiger partial charge in [-0.2, -0.15) is 0 Å². The largest absolute Gasteiger partial charge is 0.335 e. The lowest BCUT2D eigenvalue weighted by atomic mass is 10.1. The molecule has 116 valence electrons. The van der Waals surface area contributed by atoms with Gasteiger partial charge in [0.15, 0.2) is 0 Å². The smallest absolute Gasteiger partial charge is 0.254 e. The number of hydrogen-bond donors (Lipinski definition) is 0. The Hall–Kier alpha value is -1.65. The maximum atomic E-state index is 12.5. The Bertz CT molecular complexity index is 700. The average Bonchev–Trinajstić information content (AvgIpc) is 2.52. The molecule has 2 atom stereocenters. The highest BCUT2D eigenvalue weighted by molar-refractivity contribution is 7.84. The second-order valence-electron chi connectivity index (χ2n) is 5.13. The highest BCUT2D eigenvalue weighted by Crippen LogP contribution is 2.23. The fourth-order valence-corrected chi connectivity index (χ4v) is 2.88. The van der Waals surface area contributed by atoms with E-state index in [0.29, 0.717) is 15.5 Å². The van der Waals surface area contributed by atoms with E-state index in [9.17, 15) is 9.00 Å². The summed E-state index contributed by atoms with van der Waals surface area (Å²) in [5.41, 5.74) is 1.56. The zero-order valence-electron chi connectivity index (χ0n) is 12.7. The first kappa shape index (κ1) is 16.7. The molecule has 1 amide bonds. The van der Waals surface area contributed by atoms with Crippen LogP contribution in [0.5, 0.6) is 0 Å². The minimum absolute atomic E-state index is 0.0825. The Morgan fingerprint density at radius 1 is 1.18 bits per heavy atom. The van der Waals surface area contributed by atoms with Crippen LogP contribution < -0.4 is 0 Å². The van der Waals surface area contributed by atoms with Crippen molar-refractivity contribution in [1.29, 1.82) is 0 Å². The van der Waals surface area contributed by atoms with Gasteiger partial charge in [0.2, 0.25) is 0 Å². The first-order chi connectivity index (χ1) is 10.4. The molecule has 0 heterocycles. The predicted molar refractivity (Wildman–Crippen MR) is 90.7 cm³/mol. The number of carbonyl (C=O) groups is 1. The van der Waals surface area contributed by atoms with Crippen LogP contribution in [-0.4, -0.2) is 28.3 Å². The molecule has 0 aromatic heterocycles. The number of nitrogens with zero attached hydrogens (tertiary/aromatic N) is 1. The maximum absolute atomic E-state index is 12.5. The zero-order valence-corrected chi connectivity index (χ0v) is 14.3. The zero-order chi connectivity index (χ0) is 16.3. The summed E-state index contributed by atoms with van der Waals surface area (Å²) in [7, 11) is 0.722. The van der Waals surface area contributed by atoms with E-state index in [1.54, 1.807) is 42.5 Å². The monoisotopic (exact) mass is 335 g/mol. The van der Waals surface area contributed by atoms with Crippen molar-refractivity contribution < 1.29 is 9.00 Å². The third-order valence-corrected chi connectivity index (χ3v) is 4.84. The fraction of sp³-hybridized carbons (Fsp3) is 0.235. The molecule has 0 spiro atoms. The summed E-state index contributed by atoms with van der Waals surface area (Å²) in [6.07, 6.45) is 1.62. The molecular formula is C17H18ClNO2S. The molecule has 2 aromatic carbocycles. The minimum atomic E-state index is -1.04. The minimum Gasteiger partial charge on any atom is -0.335 e. The molecule has 0 radical (unpaired) electrons. The Morgan fingerprint density at radius 2 is 1.82 bits per heavy atom. The Kier molecular flexibility index (Phi) is 5.37. The van der Waals surface area contributed by atoms with Crippen LogP contribution in [0.25, 0.3) is 0 Å². The van der Waals surface area contributed by atoms with Crippen LogP contribution in [-0.2, 0) is 10.8 Å². The van der Waals surface area contributed by atoms with Gasteiger partial charge in [0.05, 0.1) is 6.04 Å². The van der Waals surface area contributed by atoms with E-state index in [1.165, 1.54) is 0 Å².